The summed E-state index contributed by atoms with van der Waals surface area (Å²) in [5, 5.41) is 9.75. The van der Waals surface area contributed by atoms with E-state index in [4.69, 9.17) is 4.74 Å². The number of nitrogens with zero attached hydrogens (tertiary/aromatic N) is 1. The third-order valence-electron chi connectivity index (χ3n) is 5.63. The molecule has 3 heterocycles. The molecule has 0 bridgehead atoms. The SMILES string of the molecule is CCc1c(C(=O)N2C[C@H]3COCC[C@@]3(C(=O)O)C2)[nH]c(C)c1C(C)=O. The van der Waals surface area contributed by atoms with Gasteiger partial charge in [-0.2, -0.15) is 0 Å². The molecule has 0 aliphatic carbocycles. The van der Waals surface area contributed by atoms with Gasteiger partial charge < -0.3 is 19.7 Å². The van der Waals surface area contributed by atoms with E-state index in [1.807, 2.05) is 6.92 Å². The third kappa shape index (κ3) is 2.66. The summed E-state index contributed by atoms with van der Waals surface area (Å²) >= 11 is 0. The van der Waals surface area contributed by atoms with Crippen molar-refractivity contribution in [2.24, 2.45) is 11.3 Å². The first-order valence-electron chi connectivity index (χ1n) is 8.64. The predicted octanol–water partition coefficient (Wildman–Crippen LogP) is 1.65. The molecule has 0 aromatic carbocycles. The number of carboxylic acids is 1. The molecule has 0 radical (unpaired) electrons. The lowest BCUT2D eigenvalue weighted by Gasteiger charge is -2.33. The molecule has 0 unspecified atom stereocenters. The number of carbonyl (C=O) groups is 3. The second-order valence-electron chi connectivity index (χ2n) is 7.06. The van der Waals surface area contributed by atoms with E-state index in [2.05, 4.69) is 4.98 Å². The standard InChI is InChI=1S/C18H24N2O5/c1-4-13-14(11(3)21)10(2)19-15(13)16(22)20-7-12-8-25-6-5-18(12,9-20)17(23)24/h12,19H,4-9H2,1-3H3,(H,23,24)/t12-,18+/m0/s1. The number of ketones is 1. The minimum atomic E-state index is -0.925. The van der Waals surface area contributed by atoms with Crippen LogP contribution in [-0.2, 0) is 16.0 Å². The highest BCUT2D eigenvalue weighted by Gasteiger charge is 2.55. The number of fused-ring (bicyclic) bond motifs is 1. The zero-order chi connectivity index (χ0) is 18.4. The molecule has 2 aliphatic heterocycles. The monoisotopic (exact) mass is 348 g/mol. The van der Waals surface area contributed by atoms with Crippen molar-refractivity contribution in [3.63, 3.8) is 0 Å². The van der Waals surface area contributed by atoms with Crippen LogP contribution in [-0.4, -0.2) is 59.0 Å². The van der Waals surface area contributed by atoms with E-state index in [0.717, 1.165) is 0 Å². The zero-order valence-corrected chi connectivity index (χ0v) is 14.8. The molecule has 1 aromatic heterocycles. The summed E-state index contributed by atoms with van der Waals surface area (Å²) in [6, 6.07) is 0. The van der Waals surface area contributed by atoms with Crippen LogP contribution < -0.4 is 0 Å². The van der Waals surface area contributed by atoms with E-state index in [0.29, 0.717) is 55.1 Å². The van der Waals surface area contributed by atoms with Crippen LogP contribution in [0, 0.1) is 18.3 Å². The van der Waals surface area contributed by atoms with E-state index in [9.17, 15) is 19.5 Å². The number of carboxylic acid groups (broad SMARTS) is 1. The van der Waals surface area contributed by atoms with Gasteiger partial charge in [0.05, 0.1) is 12.0 Å². The van der Waals surface area contributed by atoms with E-state index < -0.39 is 11.4 Å². The van der Waals surface area contributed by atoms with Crippen molar-refractivity contribution in [2.45, 2.75) is 33.6 Å². The van der Waals surface area contributed by atoms with Crippen LogP contribution in [0.4, 0.5) is 0 Å². The van der Waals surface area contributed by atoms with Crippen LogP contribution in [0.5, 0.6) is 0 Å². The summed E-state index contributed by atoms with van der Waals surface area (Å²) in [5.41, 5.74) is 1.45. The second kappa shape index (κ2) is 6.29. The van der Waals surface area contributed by atoms with Crippen LogP contribution in [0.25, 0.3) is 0 Å². The molecule has 2 N–H and O–H groups in total. The van der Waals surface area contributed by atoms with Crippen molar-refractivity contribution < 1.29 is 24.2 Å². The Labute approximate surface area is 146 Å². The number of Topliss-reactive ketones (excluding diaryl/α,β-unsaturated/α-hetero) is 1. The quantitative estimate of drug-likeness (QED) is 0.806. The lowest BCUT2D eigenvalue weighted by molar-refractivity contribution is -0.157. The Morgan fingerprint density at radius 2 is 2.12 bits per heavy atom. The maximum atomic E-state index is 13.1. The van der Waals surface area contributed by atoms with Crippen LogP contribution in [0.3, 0.4) is 0 Å². The molecule has 7 nitrogen and oxygen atoms in total. The van der Waals surface area contributed by atoms with Crippen molar-refractivity contribution in [3.8, 4) is 0 Å². The molecule has 25 heavy (non-hydrogen) atoms. The van der Waals surface area contributed by atoms with E-state index in [1.54, 1.807) is 11.8 Å². The second-order valence-corrected chi connectivity index (χ2v) is 7.06. The van der Waals surface area contributed by atoms with E-state index in [-0.39, 0.29) is 24.2 Å². The van der Waals surface area contributed by atoms with E-state index in [1.165, 1.54) is 6.92 Å². The lowest BCUT2D eigenvalue weighted by Crippen LogP contribution is -2.45. The van der Waals surface area contributed by atoms with Crippen molar-refractivity contribution in [1.29, 1.82) is 0 Å². The van der Waals surface area contributed by atoms with Gasteiger partial charge in [-0.3, -0.25) is 14.4 Å². The number of hydrogen-bond acceptors (Lipinski definition) is 4. The minimum absolute atomic E-state index is 0.0739. The average Bonchev–Trinajstić information content (AvgIpc) is 3.12. The summed E-state index contributed by atoms with van der Waals surface area (Å²) < 4.78 is 5.44. The number of H-pyrrole nitrogens is 1. The molecule has 3 rings (SSSR count). The third-order valence-corrected chi connectivity index (χ3v) is 5.63. The maximum absolute atomic E-state index is 13.1. The van der Waals surface area contributed by atoms with Gasteiger partial charge in [0.1, 0.15) is 5.69 Å². The van der Waals surface area contributed by atoms with E-state index >= 15 is 0 Å². The van der Waals surface area contributed by atoms with Gasteiger partial charge in [0.25, 0.3) is 5.91 Å². The number of aryl methyl sites for hydroxylation is 1. The highest BCUT2D eigenvalue weighted by Crippen LogP contribution is 2.43. The number of nitrogens with one attached hydrogen (secondary N) is 1. The Morgan fingerprint density at radius 1 is 1.40 bits per heavy atom. The van der Waals surface area contributed by atoms with Gasteiger partial charge >= 0.3 is 5.97 Å². The summed E-state index contributed by atoms with van der Waals surface area (Å²) in [7, 11) is 0. The van der Waals surface area contributed by atoms with Crippen LogP contribution in [0.15, 0.2) is 0 Å². The highest BCUT2D eigenvalue weighted by atomic mass is 16.5. The first kappa shape index (κ1) is 17.7. The Hall–Kier alpha value is -2.15. The number of rotatable bonds is 4. The Kier molecular flexibility index (Phi) is 4.45. The highest BCUT2D eigenvalue weighted by molar-refractivity contribution is 6.03. The van der Waals surface area contributed by atoms with Gasteiger partial charge in [-0.15, -0.1) is 0 Å². The number of amides is 1. The number of likely N-dealkylation sites (tertiary alicyclic amines) is 1. The average molecular weight is 348 g/mol. The molecule has 1 amide bonds. The first-order valence-corrected chi connectivity index (χ1v) is 8.64. The van der Waals surface area contributed by atoms with Crippen LogP contribution in [0.1, 0.15) is 52.4 Å². The molecule has 2 aliphatic rings. The Balaban J connectivity index is 1.94. The van der Waals surface area contributed by atoms with Gasteiger partial charge in [0.2, 0.25) is 0 Å². The fraction of sp³-hybridized carbons (Fsp3) is 0.611. The van der Waals surface area contributed by atoms with Crippen molar-refractivity contribution in [1.82, 2.24) is 9.88 Å². The van der Waals surface area contributed by atoms with Gasteiger partial charge in [0.15, 0.2) is 5.78 Å². The summed E-state index contributed by atoms with van der Waals surface area (Å²) in [6.07, 6.45) is 0.977. The van der Waals surface area contributed by atoms with Gasteiger partial charge in [-0.25, -0.2) is 0 Å². The Bertz CT molecular complexity index is 738. The van der Waals surface area contributed by atoms with Crippen molar-refractivity contribution >= 4 is 17.7 Å². The number of aromatic nitrogens is 1. The molecule has 0 spiro atoms. The summed E-state index contributed by atoms with van der Waals surface area (Å²) in [4.78, 5) is 41.5. The van der Waals surface area contributed by atoms with Crippen LogP contribution >= 0.6 is 0 Å². The minimum Gasteiger partial charge on any atom is -0.481 e. The number of carbonyl (C=O) groups excluding carboxylic acids is 2. The largest absolute Gasteiger partial charge is 0.481 e. The summed E-state index contributed by atoms with van der Waals surface area (Å²) in [6.45, 7) is 6.49. The molecule has 1 aromatic rings. The van der Waals surface area contributed by atoms with Gasteiger partial charge in [-0.1, -0.05) is 6.92 Å². The first-order chi connectivity index (χ1) is 11.8. The smallest absolute Gasteiger partial charge is 0.311 e. The van der Waals surface area contributed by atoms with Crippen LogP contribution in [0.2, 0.25) is 0 Å². The molecule has 7 heteroatoms. The molecule has 2 fully saturated rings. The van der Waals surface area contributed by atoms with Crippen molar-refractivity contribution in [2.75, 3.05) is 26.3 Å². The number of ether oxygens (including phenoxy) is 1. The summed E-state index contributed by atoms with van der Waals surface area (Å²) in [5.74, 6) is -1.37. The fourth-order valence-corrected chi connectivity index (χ4v) is 4.30. The topological polar surface area (TPSA) is 99.7 Å². The Morgan fingerprint density at radius 3 is 2.68 bits per heavy atom. The zero-order valence-electron chi connectivity index (χ0n) is 14.8. The molecule has 2 atom stereocenters. The lowest BCUT2D eigenvalue weighted by atomic mass is 9.74. The molecule has 136 valence electrons. The molecule has 2 saturated heterocycles. The predicted molar refractivity (Wildman–Crippen MR) is 89.8 cm³/mol. The number of aliphatic carboxylic acids is 1. The maximum Gasteiger partial charge on any atom is 0.311 e. The number of aromatic amines is 1. The van der Waals surface area contributed by atoms with Gasteiger partial charge in [-0.05, 0) is 32.3 Å². The molecular weight excluding hydrogens is 324 g/mol. The number of hydrogen-bond donors (Lipinski definition) is 2. The molecular formula is C18H24N2O5. The fourth-order valence-electron chi connectivity index (χ4n) is 4.30. The molecule has 0 saturated carbocycles. The normalized spacial score (nSPS) is 25.7. The van der Waals surface area contributed by atoms with Gasteiger partial charge in [0, 0.05) is 36.9 Å². The van der Waals surface area contributed by atoms with Crippen molar-refractivity contribution in [3.05, 3.63) is 22.5 Å².